The molecule has 0 aliphatic heterocycles. The van der Waals surface area contributed by atoms with Crippen molar-refractivity contribution in [2.24, 2.45) is 0 Å². The standard InChI is InChI=1S/2C13H5F8NO3/c2*14-11(15,13(19,20)21)10(24)22-5-1-2-6-7(12(16,17)18)4-9(23)25-8(6)3-5/h2*1-4H,(H,22,24). The molecule has 2 N–H and O–H groups in total. The van der Waals surface area contributed by atoms with Gasteiger partial charge in [-0.2, -0.15) is 70.2 Å². The van der Waals surface area contributed by atoms with Crippen molar-refractivity contribution in [3.8, 4) is 0 Å². The van der Waals surface area contributed by atoms with Crippen molar-refractivity contribution < 1.29 is 88.7 Å². The lowest BCUT2D eigenvalue weighted by atomic mass is 10.1. The van der Waals surface area contributed by atoms with E-state index in [0.717, 1.165) is 0 Å². The fourth-order valence-corrected chi connectivity index (χ4v) is 3.63. The molecule has 0 saturated heterocycles. The van der Waals surface area contributed by atoms with Crippen LogP contribution in [0.1, 0.15) is 11.1 Å². The van der Waals surface area contributed by atoms with E-state index in [1.54, 1.807) is 0 Å². The van der Waals surface area contributed by atoms with Crippen molar-refractivity contribution in [1.82, 2.24) is 0 Å². The Labute approximate surface area is 262 Å². The summed E-state index contributed by atoms with van der Waals surface area (Å²) in [5.41, 5.74) is -8.59. The molecule has 0 unspecified atom stereocenters. The van der Waals surface area contributed by atoms with Crippen molar-refractivity contribution in [1.29, 1.82) is 0 Å². The van der Waals surface area contributed by atoms with E-state index in [0.29, 0.717) is 36.4 Å². The van der Waals surface area contributed by atoms with Gasteiger partial charge in [0, 0.05) is 46.4 Å². The molecule has 2 aromatic heterocycles. The molecule has 0 radical (unpaired) electrons. The van der Waals surface area contributed by atoms with Crippen LogP contribution in [-0.2, 0) is 21.9 Å². The number of hydrogen-bond donors (Lipinski definition) is 2. The van der Waals surface area contributed by atoms with Gasteiger partial charge < -0.3 is 19.5 Å². The Bertz CT molecular complexity index is 1910. The minimum absolute atomic E-state index is 0.151. The molecular formula is C26H10F16N2O6. The summed E-state index contributed by atoms with van der Waals surface area (Å²) in [6.07, 6.45) is -22.2. The van der Waals surface area contributed by atoms with Gasteiger partial charge in [0.25, 0.3) is 0 Å². The zero-order valence-corrected chi connectivity index (χ0v) is 23.1. The van der Waals surface area contributed by atoms with Crippen LogP contribution >= 0.6 is 0 Å². The highest BCUT2D eigenvalue weighted by Gasteiger charge is 2.64. The molecule has 2 aromatic carbocycles. The van der Waals surface area contributed by atoms with Crippen molar-refractivity contribution in [2.45, 2.75) is 36.6 Å². The first kappa shape index (κ1) is 39.1. The number of carbonyl (C=O) groups is 2. The molecule has 4 aromatic rings. The number of amides is 2. The molecule has 0 saturated carbocycles. The van der Waals surface area contributed by atoms with Gasteiger partial charge in [-0.3, -0.25) is 9.59 Å². The van der Waals surface area contributed by atoms with Gasteiger partial charge in [-0.05, 0) is 24.3 Å². The molecule has 8 nitrogen and oxygen atoms in total. The maximum Gasteiger partial charge on any atom is 0.463 e. The zero-order valence-electron chi connectivity index (χ0n) is 23.1. The lowest BCUT2D eigenvalue weighted by Gasteiger charge is -2.18. The molecule has 0 bridgehead atoms. The molecule has 2 heterocycles. The summed E-state index contributed by atoms with van der Waals surface area (Å²) in [6, 6.07) is 3.97. The second kappa shape index (κ2) is 12.9. The van der Waals surface area contributed by atoms with E-state index in [9.17, 15) is 89.4 Å². The number of nitrogens with one attached hydrogen (secondary N) is 2. The van der Waals surface area contributed by atoms with Gasteiger partial charge in [-0.15, -0.1) is 0 Å². The summed E-state index contributed by atoms with van der Waals surface area (Å²) < 4.78 is 210. The van der Waals surface area contributed by atoms with E-state index in [4.69, 9.17) is 0 Å². The number of halogens is 16. The van der Waals surface area contributed by atoms with Gasteiger partial charge >= 0.3 is 59.6 Å². The second-order valence-electron chi connectivity index (χ2n) is 9.43. The van der Waals surface area contributed by atoms with Crippen LogP contribution in [0.3, 0.4) is 0 Å². The van der Waals surface area contributed by atoms with Gasteiger partial charge in [0.15, 0.2) is 0 Å². The predicted molar refractivity (Wildman–Crippen MR) is 134 cm³/mol. The molecule has 0 aliphatic rings. The number of alkyl halides is 16. The quantitative estimate of drug-likeness (QED) is 0.162. The van der Waals surface area contributed by atoms with E-state index < -0.39 is 104 Å². The third kappa shape index (κ3) is 8.27. The maximum absolute atomic E-state index is 12.8. The minimum Gasteiger partial charge on any atom is -0.423 e. The van der Waals surface area contributed by atoms with Crippen molar-refractivity contribution in [2.75, 3.05) is 10.6 Å². The molecule has 0 aliphatic carbocycles. The normalized spacial score (nSPS) is 13.1. The maximum atomic E-state index is 12.8. The number of carbonyl (C=O) groups excluding carboxylic acids is 2. The Morgan fingerprint density at radius 3 is 1.04 bits per heavy atom. The molecule has 50 heavy (non-hydrogen) atoms. The zero-order chi connectivity index (χ0) is 38.4. The average molecular weight is 750 g/mol. The van der Waals surface area contributed by atoms with Crippen molar-refractivity contribution in [3.05, 3.63) is 80.5 Å². The first-order chi connectivity index (χ1) is 22.5. The van der Waals surface area contributed by atoms with E-state index in [1.807, 2.05) is 0 Å². The third-order valence-corrected chi connectivity index (χ3v) is 5.90. The highest BCUT2D eigenvalue weighted by molar-refractivity contribution is 5.99. The summed E-state index contributed by atoms with van der Waals surface area (Å²) in [5, 5.41) is 1.12. The van der Waals surface area contributed by atoms with Gasteiger partial charge in [0.2, 0.25) is 0 Å². The Morgan fingerprint density at radius 2 is 0.780 bits per heavy atom. The van der Waals surface area contributed by atoms with Crippen LogP contribution in [0.2, 0.25) is 0 Å². The largest absolute Gasteiger partial charge is 0.463 e. The first-order valence-corrected chi connectivity index (χ1v) is 12.3. The van der Waals surface area contributed by atoms with Crippen LogP contribution in [0.4, 0.5) is 81.6 Å². The Hall–Kier alpha value is -5.32. The molecule has 0 fully saturated rings. The average Bonchev–Trinajstić information content (AvgIpc) is 2.94. The highest BCUT2D eigenvalue weighted by atomic mass is 19.4. The molecule has 2 amide bonds. The number of rotatable bonds is 4. The van der Waals surface area contributed by atoms with Crippen LogP contribution in [0, 0.1) is 0 Å². The minimum atomic E-state index is -6.16. The third-order valence-electron chi connectivity index (χ3n) is 5.90. The molecule has 0 spiro atoms. The van der Waals surface area contributed by atoms with E-state index in [2.05, 4.69) is 8.83 Å². The lowest BCUT2D eigenvalue weighted by molar-refractivity contribution is -0.267. The predicted octanol–water partition coefficient (Wildman–Crippen LogP) is 7.90. The number of anilines is 2. The molecule has 0 atom stereocenters. The van der Waals surface area contributed by atoms with Gasteiger partial charge in [0.05, 0.1) is 11.1 Å². The first-order valence-electron chi connectivity index (χ1n) is 12.3. The van der Waals surface area contributed by atoms with Crippen molar-refractivity contribution >= 4 is 45.1 Å². The second-order valence-corrected chi connectivity index (χ2v) is 9.43. The summed E-state index contributed by atoms with van der Waals surface area (Å²) in [6.45, 7) is 0. The number of fused-ring (bicyclic) bond motifs is 2. The molecule has 4 rings (SSSR count). The van der Waals surface area contributed by atoms with Gasteiger partial charge in [0.1, 0.15) is 11.2 Å². The Kier molecular flexibility index (Phi) is 10.1. The smallest absolute Gasteiger partial charge is 0.423 e. The fourth-order valence-electron chi connectivity index (χ4n) is 3.63. The summed E-state index contributed by atoms with van der Waals surface area (Å²) in [5.74, 6) is -16.9. The van der Waals surface area contributed by atoms with Crippen molar-refractivity contribution in [3.63, 3.8) is 0 Å². The van der Waals surface area contributed by atoms with Gasteiger partial charge in [-0.25, -0.2) is 9.59 Å². The van der Waals surface area contributed by atoms with Crippen LogP contribution in [-0.4, -0.2) is 36.0 Å². The SMILES string of the molecule is O=C(Nc1ccc2c(C(F)(F)F)cc(=O)oc2c1)C(F)(F)C(F)(F)F.O=C(Nc1ccc2c(C(F)(F)F)cc(=O)oc2c1)C(F)(F)C(F)(F)F. The van der Waals surface area contributed by atoms with Crippen LogP contribution in [0.15, 0.2) is 67.0 Å². The Morgan fingerprint density at radius 1 is 0.480 bits per heavy atom. The molecular weight excluding hydrogens is 740 g/mol. The number of benzene rings is 2. The highest BCUT2D eigenvalue weighted by Crippen LogP contribution is 2.39. The lowest BCUT2D eigenvalue weighted by Crippen LogP contribution is -2.47. The summed E-state index contributed by atoms with van der Waals surface area (Å²) in [7, 11) is 0. The summed E-state index contributed by atoms with van der Waals surface area (Å²) in [4.78, 5) is 44.4. The Balaban J connectivity index is 0.000000270. The van der Waals surface area contributed by atoms with E-state index >= 15 is 0 Å². The fraction of sp³-hybridized carbons (Fsp3) is 0.231. The van der Waals surface area contributed by atoms with Crippen LogP contribution in [0.5, 0.6) is 0 Å². The number of hydrogen-bond acceptors (Lipinski definition) is 6. The molecule has 272 valence electrons. The van der Waals surface area contributed by atoms with E-state index in [-0.39, 0.29) is 12.1 Å². The monoisotopic (exact) mass is 750 g/mol. The topological polar surface area (TPSA) is 119 Å². The van der Waals surface area contributed by atoms with Gasteiger partial charge in [-0.1, -0.05) is 0 Å². The summed E-state index contributed by atoms with van der Waals surface area (Å²) >= 11 is 0. The van der Waals surface area contributed by atoms with E-state index in [1.165, 1.54) is 10.6 Å². The molecule has 24 heteroatoms. The van der Waals surface area contributed by atoms with Crippen LogP contribution in [0.25, 0.3) is 21.9 Å². The van der Waals surface area contributed by atoms with Crippen LogP contribution < -0.4 is 21.9 Å².